The summed E-state index contributed by atoms with van der Waals surface area (Å²) in [5.41, 5.74) is 2.54. The van der Waals surface area contributed by atoms with Crippen molar-refractivity contribution < 1.29 is 4.79 Å². The highest BCUT2D eigenvalue weighted by atomic mass is 16.1. The molecule has 0 atom stereocenters. The fourth-order valence-corrected chi connectivity index (χ4v) is 2.01. The SMILES string of the molecule is CC(C)CNC(=O)c1ccnc(Nc2ccc(C(C)C)cc2)n1. The van der Waals surface area contributed by atoms with E-state index < -0.39 is 0 Å². The molecule has 0 radical (unpaired) electrons. The number of rotatable bonds is 6. The molecule has 1 aromatic carbocycles. The van der Waals surface area contributed by atoms with Crippen LogP contribution in [0.4, 0.5) is 11.6 Å². The van der Waals surface area contributed by atoms with E-state index in [-0.39, 0.29) is 5.91 Å². The summed E-state index contributed by atoms with van der Waals surface area (Å²) in [6.45, 7) is 9.04. The number of carbonyl (C=O) groups excluding carboxylic acids is 1. The van der Waals surface area contributed by atoms with Crippen LogP contribution in [0.1, 0.15) is 49.7 Å². The second-order valence-corrected chi connectivity index (χ2v) is 6.27. The number of aromatic nitrogens is 2. The molecule has 0 saturated carbocycles. The van der Waals surface area contributed by atoms with Gasteiger partial charge in [-0.3, -0.25) is 4.79 Å². The Bertz CT molecular complexity index is 650. The molecule has 122 valence electrons. The molecule has 1 heterocycles. The van der Waals surface area contributed by atoms with Crippen molar-refractivity contribution in [3.8, 4) is 0 Å². The molecule has 5 nitrogen and oxygen atoms in total. The first-order valence-corrected chi connectivity index (χ1v) is 7.94. The van der Waals surface area contributed by atoms with Crippen LogP contribution in [0, 0.1) is 5.92 Å². The number of hydrogen-bond acceptors (Lipinski definition) is 4. The zero-order valence-corrected chi connectivity index (χ0v) is 14.1. The van der Waals surface area contributed by atoms with Crippen LogP contribution in [-0.2, 0) is 0 Å². The molecule has 1 aromatic heterocycles. The standard InChI is InChI=1S/C18H24N4O/c1-12(2)11-20-17(23)16-9-10-19-18(22-16)21-15-7-5-14(6-8-15)13(3)4/h5-10,12-13H,11H2,1-4H3,(H,20,23)(H,19,21,22). The summed E-state index contributed by atoms with van der Waals surface area (Å²) in [5.74, 6) is 1.13. The average molecular weight is 312 g/mol. The Labute approximate surface area is 137 Å². The summed E-state index contributed by atoms with van der Waals surface area (Å²) in [6.07, 6.45) is 1.59. The highest BCUT2D eigenvalue weighted by Gasteiger charge is 2.09. The summed E-state index contributed by atoms with van der Waals surface area (Å²) in [7, 11) is 0. The number of nitrogens with zero attached hydrogens (tertiary/aromatic N) is 2. The number of nitrogens with one attached hydrogen (secondary N) is 2. The molecule has 23 heavy (non-hydrogen) atoms. The molecule has 0 bridgehead atoms. The van der Waals surface area contributed by atoms with Crippen molar-refractivity contribution >= 4 is 17.5 Å². The third kappa shape index (κ3) is 5.06. The third-order valence-electron chi connectivity index (χ3n) is 3.39. The maximum Gasteiger partial charge on any atom is 0.270 e. The average Bonchev–Trinajstić information content (AvgIpc) is 2.53. The maximum absolute atomic E-state index is 12.0. The van der Waals surface area contributed by atoms with Crippen LogP contribution < -0.4 is 10.6 Å². The van der Waals surface area contributed by atoms with Crippen LogP contribution in [0.5, 0.6) is 0 Å². The van der Waals surface area contributed by atoms with E-state index in [1.54, 1.807) is 12.3 Å². The van der Waals surface area contributed by atoms with E-state index in [2.05, 4.69) is 46.6 Å². The largest absolute Gasteiger partial charge is 0.350 e. The van der Waals surface area contributed by atoms with E-state index in [0.29, 0.717) is 30.0 Å². The fourth-order valence-electron chi connectivity index (χ4n) is 2.01. The summed E-state index contributed by atoms with van der Waals surface area (Å²) in [5, 5.41) is 5.98. The van der Waals surface area contributed by atoms with E-state index in [9.17, 15) is 4.79 Å². The van der Waals surface area contributed by atoms with Crippen LogP contribution in [0.25, 0.3) is 0 Å². The van der Waals surface area contributed by atoms with Gasteiger partial charge in [0.2, 0.25) is 5.95 Å². The van der Waals surface area contributed by atoms with Crippen LogP contribution in [0.15, 0.2) is 36.5 Å². The Balaban J connectivity index is 2.06. The second kappa shape index (κ2) is 7.72. The second-order valence-electron chi connectivity index (χ2n) is 6.27. The molecule has 2 aromatic rings. The van der Waals surface area contributed by atoms with Gasteiger partial charge in [0.1, 0.15) is 5.69 Å². The van der Waals surface area contributed by atoms with E-state index in [1.807, 2.05) is 26.0 Å². The Hall–Kier alpha value is -2.43. The zero-order chi connectivity index (χ0) is 16.8. The molecule has 0 aliphatic carbocycles. The van der Waals surface area contributed by atoms with Crippen molar-refractivity contribution in [3.63, 3.8) is 0 Å². The smallest absolute Gasteiger partial charge is 0.270 e. The van der Waals surface area contributed by atoms with Crippen molar-refractivity contribution in [2.24, 2.45) is 5.92 Å². The van der Waals surface area contributed by atoms with Gasteiger partial charge in [-0.25, -0.2) is 9.97 Å². The molecule has 1 amide bonds. The lowest BCUT2D eigenvalue weighted by atomic mass is 10.0. The lowest BCUT2D eigenvalue weighted by Gasteiger charge is -2.10. The number of hydrogen-bond donors (Lipinski definition) is 2. The number of amides is 1. The van der Waals surface area contributed by atoms with Gasteiger partial charge in [0.25, 0.3) is 5.91 Å². The molecule has 0 spiro atoms. The molecule has 2 rings (SSSR count). The summed E-state index contributed by atoms with van der Waals surface area (Å²) >= 11 is 0. The van der Waals surface area contributed by atoms with E-state index >= 15 is 0 Å². The first-order valence-electron chi connectivity index (χ1n) is 7.94. The summed E-state index contributed by atoms with van der Waals surface area (Å²) in [6, 6.07) is 9.75. The fraction of sp³-hybridized carbons (Fsp3) is 0.389. The van der Waals surface area contributed by atoms with Crippen LogP contribution >= 0.6 is 0 Å². The van der Waals surface area contributed by atoms with E-state index in [4.69, 9.17) is 0 Å². The molecule has 0 fully saturated rings. The van der Waals surface area contributed by atoms with Gasteiger partial charge in [-0.15, -0.1) is 0 Å². The third-order valence-corrected chi connectivity index (χ3v) is 3.39. The van der Waals surface area contributed by atoms with Gasteiger partial charge in [0.15, 0.2) is 0 Å². The Morgan fingerprint density at radius 3 is 2.39 bits per heavy atom. The van der Waals surface area contributed by atoms with Crippen molar-refractivity contribution in [3.05, 3.63) is 47.8 Å². The quantitative estimate of drug-likeness (QED) is 0.853. The van der Waals surface area contributed by atoms with Crippen molar-refractivity contribution in [1.29, 1.82) is 0 Å². The predicted molar refractivity (Wildman–Crippen MR) is 93.0 cm³/mol. The molecular weight excluding hydrogens is 288 g/mol. The highest BCUT2D eigenvalue weighted by Crippen LogP contribution is 2.19. The normalized spacial score (nSPS) is 10.9. The van der Waals surface area contributed by atoms with Gasteiger partial charge in [0.05, 0.1) is 0 Å². The minimum atomic E-state index is -0.181. The molecule has 0 aliphatic rings. The Morgan fingerprint density at radius 2 is 1.78 bits per heavy atom. The van der Waals surface area contributed by atoms with Gasteiger partial charge >= 0.3 is 0 Å². The minimum Gasteiger partial charge on any atom is -0.350 e. The predicted octanol–water partition coefficient (Wildman–Crippen LogP) is 3.73. The Morgan fingerprint density at radius 1 is 1.09 bits per heavy atom. The van der Waals surface area contributed by atoms with E-state index in [0.717, 1.165) is 5.69 Å². The van der Waals surface area contributed by atoms with Gasteiger partial charge in [-0.05, 0) is 35.6 Å². The van der Waals surface area contributed by atoms with Gasteiger partial charge in [-0.1, -0.05) is 39.8 Å². The highest BCUT2D eigenvalue weighted by molar-refractivity contribution is 5.92. The van der Waals surface area contributed by atoms with E-state index in [1.165, 1.54) is 5.56 Å². The lowest BCUT2D eigenvalue weighted by Crippen LogP contribution is -2.28. The molecular formula is C18H24N4O. The number of anilines is 2. The first-order chi connectivity index (χ1) is 11.0. The molecule has 0 aliphatic heterocycles. The molecule has 5 heteroatoms. The number of carbonyl (C=O) groups is 1. The van der Waals surface area contributed by atoms with Crippen molar-refractivity contribution in [2.75, 3.05) is 11.9 Å². The summed E-state index contributed by atoms with van der Waals surface area (Å²) < 4.78 is 0. The molecule has 0 unspecified atom stereocenters. The molecule has 0 saturated heterocycles. The zero-order valence-electron chi connectivity index (χ0n) is 14.1. The van der Waals surface area contributed by atoms with Gasteiger partial charge < -0.3 is 10.6 Å². The van der Waals surface area contributed by atoms with Crippen LogP contribution in [0.2, 0.25) is 0 Å². The van der Waals surface area contributed by atoms with Crippen LogP contribution in [-0.4, -0.2) is 22.4 Å². The van der Waals surface area contributed by atoms with Crippen molar-refractivity contribution in [2.45, 2.75) is 33.6 Å². The first kappa shape index (κ1) is 16.9. The van der Waals surface area contributed by atoms with Crippen LogP contribution in [0.3, 0.4) is 0 Å². The maximum atomic E-state index is 12.0. The lowest BCUT2D eigenvalue weighted by molar-refractivity contribution is 0.0944. The molecule has 2 N–H and O–H groups in total. The monoisotopic (exact) mass is 312 g/mol. The van der Waals surface area contributed by atoms with Crippen molar-refractivity contribution in [1.82, 2.24) is 15.3 Å². The minimum absolute atomic E-state index is 0.181. The van der Waals surface area contributed by atoms with Gasteiger partial charge in [0, 0.05) is 18.4 Å². The summed E-state index contributed by atoms with van der Waals surface area (Å²) in [4.78, 5) is 20.5. The van der Waals surface area contributed by atoms with Gasteiger partial charge in [-0.2, -0.15) is 0 Å². The topological polar surface area (TPSA) is 66.9 Å². The Kier molecular flexibility index (Phi) is 5.68. The number of benzene rings is 1.